The molecule has 0 fully saturated rings. The first-order valence-electron chi connectivity index (χ1n) is 6.99. The van der Waals surface area contributed by atoms with Crippen LogP contribution in [0.25, 0.3) is 0 Å². The van der Waals surface area contributed by atoms with Gasteiger partial charge in [0.05, 0.1) is 16.0 Å². The molecule has 2 aromatic carbocycles. The maximum atomic E-state index is 12.6. The molecule has 0 saturated carbocycles. The monoisotopic (exact) mass is 300 g/mol. The van der Waals surface area contributed by atoms with Crippen molar-refractivity contribution >= 4 is 16.6 Å². The fourth-order valence-corrected chi connectivity index (χ4v) is 3.42. The van der Waals surface area contributed by atoms with Crippen LogP contribution in [0.4, 0.5) is 0 Å². The fraction of sp³-hybridized carbons (Fsp3) is 0.278. The van der Waals surface area contributed by atoms with E-state index in [2.05, 4.69) is 0 Å². The van der Waals surface area contributed by atoms with Crippen LogP contribution in [0, 0.1) is 20.8 Å². The first-order chi connectivity index (χ1) is 9.90. The third-order valence-electron chi connectivity index (χ3n) is 3.70. The molecule has 0 bridgehead atoms. The summed E-state index contributed by atoms with van der Waals surface area (Å²) in [6, 6.07) is 13.1. The molecule has 2 unspecified atom stereocenters. The summed E-state index contributed by atoms with van der Waals surface area (Å²) in [7, 11) is -1.33. The van der Waals surface area contributed by atoms with E-state index < -0.39 is 16.0 Å². The molecule has 0 radical (unpaired) electrons. The Labute approximate surface area is 128 Å². The second-order valence-electron chi connectivity index (χ2n) is 5.42. The van der Waals surface area contributed by atoms with Crippen LogP contribution in [0.1, 0.15) is 34.0 Å². The average molecular weight is 300 g/mol. The van der Waals surface area contributed by atoms with Crippen LogP contribution in [0.3, 0.4) is 0 Å². The van der Waals surface area contributed by atoms with Gasteiger partial charge < -0.3 is 0 Å². The second kappa shape index (κ2) is 6.35. The smallest absolute Gasteiger partial charge is 0.178 e. The van der Waals surface area contributed by atoms with Crippen LogP contribution in [0.15, 0.2) is 47.4 Å². The van der Waals surface area contributed by atoms with Gasteiger partial charge in [-0.05, 0) is 62.6 Å². The quantitative estimate of drug-likeness (QED) is 0.800. The Hall–Kier alpha value is -1.74. The molecule has 0 N–H and O–H groups in total. The lowest BCUT2D eigenvalue weighted by molar-refractivity contribution is 0.0992. The minimum Gasteiger partial charge on any atom is -0.293 e. The lowest BCUT2D eigenvalue weighted by atomic mass is 10.0. The van der Waals surface area contributed by atoms with Crippen LogP contribution in [0.2, 0.25) is 0 Å². The van der Waals surface area contributed by atoms with E-state index in [0.717, 1.165) is 16.7 Å². The molecule has 0 aliphatic rings. The number of hydrogen-bond acceptors (Lipinski definition) is 2. The van der Waals surface area contributed by atoms with Gasteiger partial charge in [0.15, 0.2) is 5.78 Å². The number of carbonyl (C=O) groups excluding carboxylic acids is 1. The maximum absolute atomic E-state index is 12.6. The molecule has 0 aromatic heterocycles. The zero-order valence-corrected chi connectivity index (χ0v) is 13.7. The summed E-state index contributed by atoms with van der Waals surface area (Å²) in [5.41, 5.74) is 3.91. The summed E-state index contributed by atoms with van der Waals surface area (Å²) in [6.45, 7) is 7.68. The lowest BCUT2D eigenvalue weighted by Gasteiger charge is -2.12. The Morgan fingerprint density at radius 3 is 2.33 bits per heavy atom. The molecule has 3 heteroatoms. The van der Waals surface area contributed by atoms with Gasteiger partial charge in [-0.25, -0.2) is 0 Å². The van der Waals surface area contributed by atoms with Gasteiger partial charge in [-0.2, -0.15) is 0 Å². The number of ketones is 1. The Balaban J connectivity index is 2.26. The molecule has 0 heterocycles. The topological polar surface area (TPSA) is 34.1 Å². The van der Waals surface area contributed by atoms with Gasteiger partial charge in [0.1, 0.15) is 0 Å². The van der Waals surface area contributed by atoms with Crippen LogP contribution in [-0.2, 0) is 10.8 Å². The molecule has 2 atom stereocenters. The van der Waals surface area contributed by atoms with Crippen molar-refractivity contribution < 1.29 is 9.00 Å². The zero-order chi connectivity index (χ0) is 15.6. The summed E-state index contributed by atoms with van der Waals surface area (Å²) in [6.07, 6.45) is 0. The molecule has 0 amide bonds. The van der Waals surface area contributed by atoms with Gasteiger partial charge in [-0.3, -0.25) is 9.00 Å². The number of carbonyl (C=O) groups is 1. The molecule has 0 aliphatic carbocycles. The highest BCUT2D eigenvalue weighted by atomic mass is 32.2. The third-order valence-corrected chi connectivity index (χ3v) is 5.28. The maximum Gasteiger partial charge on any atom is 0.178 e. The van der Waals surface area contributed by atoms with Crippen LogP contribution in [-0.4, -0.2) is 15.2 Å². The molecule has 2 nitrogen and oxygen atoms in total. The summed E-state index contributed by atoms with van der Waals surface area (Å²) in [5.74, 6) is -0.0714. The molecule has 2 aromatic rings. The molecule has 0 spiro atoms. The highest BCUT2D eigenvalue weighted by Gasteiger charge is 2.23. The van der Waals surface area contributed by atoms with E-state index in [0.29, 0.717) is 10.5 Å². The van der Waals surface area contributed by atoms with E-state index in [1.54, 1.807) is 6.92 Å². The summed E-state index contributed by atoms with van der Waals surface area (Å²) in [5, 5.41) is -0.547. The van der Waals surface area contributed by atoms with Crippen molar-refractivity contribution in [2.45, 2.75) is 37.8 Å². The number of rotatable bonds is 4. The van der Waals surface area contributed by atoms with E-state index in [4.69, 9.17) is 0 Å². The van der Waals surface area contributed by atoms with Gasteiger partial charge in [-0.1, -0.05) is 24.3 Å². The molecule has 2 rings (SSSR count). The molecular formula is C18H20O2S. The van der Waals surface area contributed by atoms with Gasteiger partial charge in [0.2, 0.25) is 0 Å². The Morgan fingerprint density at radius 1 is 1.00 bits per heavy atom. The van der Waals surface area contributed by atoms with Gasteiger partial charge in [0, 0.05) is 10.5 Å². The van der Waals surface area contributed by atoms with Crippen LogP contribution >= 0.6 is 0 Å². The van der Waals surface area contributed by atoms with Crippen molar-refractivity contribution in [3.8, 4) is 0 Å². The number of hydrogen-bond donors (Lipinski definition) is 0. The normalized spacial score (nSPS) is 13.7. The van der Waals surface area contributed by atoms with Crippen LogP contribution in [0.5, 0.6) is 0 Å². The SMILES string of the molecule is Cc1cccc(S(=O)C(C)C(=O)c2ccc(C)c(C)c2)c1. The van der Waals surface area contributed by atoms with E-state index in [1.807, 2.05) is 63.2 Å². The average Bonchev–Trinajstić information content (AvgIpc) is 2.47. The van der Waals surface area contributed by atoms with Crippen molar-refractivity contribution in [3.05, 3.63) is 64.7 Å². The molecular weight excluding hydrogens is 280 g/mol. The Bertz CT molecular complexity index is 704. The Morgan fingerprint density at radius 2 is 1.71 bits per heavy atom. The molecule has 0 saturated heterocycles. The van der Waals surface area contributed by atoms with Gasteiger partial charge in [-0.15, -0.1) is 0 Å². The van der Waals surface area contributed by atoms with E-state index >= 15 is 0 Å². The minimum atomic E-state index is -1.33. The minimum absolute atomic E-state index is 0.0714. The van der Waals surface area contributed by atoms with Gasteiger partial charge >= 0.3 is 0 Å². The summed E-state index contributed by atoms with van der Waals surface area (Å²) >= 11 is 0. The number of aryl methyl sites for hydroxylation is 3. The molecule has 110 valence electrons. The second-order valence-corrected chi connectivity index (χ2v) is 7.19. The van der Waals surface area contributed by atoms with Crippen LogP contribution < -0.4 is 0 Å². The highest BCUT2D eigenvalue weighted by molar-refractivity contribution is 7.86. The van der Waals surface area contributed by atoms with Crippen molar-refractivity contribution in [2.24, 2.45) is 0 Å². The molecule has 21 heavy (non-hydrogen) atoms. The van der Waals surface area contributed by atoms with Crippen molar-refractivity contribution in [1.82, 2.24) is 0 Å². The van der Waals surface area contributed by atoms with E-state index in [-0.39, 0.29) is 5.78 Å². The first kappa shape index (κ1) is 15.6. The fourth-order valence-electron chi connectivity index (χ4n) is 2.17. The number of Topliss-reactive ketones (excluding diaryl/α,β-unsaturated/α-hetero) is 1. The van der Waals surface area contributed by atoms with Crippen molar-refractivity contribution in [3.63, 3.8) is 0 Å². The summed E-state index contributed by atoms with van der Waals surface area (Å²) in [4.78, 5) is 13.2. The highest BCUT2D eigenvalue weighted by Crippen LogP contribution is 2.18. The van der Waals surface area contributed by atoms with E-state index in [1.165, 1.54) is 0 Å². The van der Waals surface area contributed by atoms with Crippen molar-refractivity contribution in [2.75, 3.05) is 0 Å². The molecule has 0 aliphatic heterocycles. The standard InChI is InChI=1S/C18H20O2S/c1-12-6-5-7-17(10-12)21(20)15(4)18(19)16-9-8-13(2)14(3)11-16/h5-11,15H,1-4H3. The number of benzene rings is 2. The predicted molar refractivity (Wildman–Crippen MR) is 87.3 cm³/mol. The predicted octanol–water partition coefficient (Wildman–Crippen LogP) is 3.99. The first-order valence-corrected chi connectivity index (χ1v) is 8.20. The third kappa shape index (κ3) is 3.48. The zero-order valence-electron chi connectivity index (χ0n) is 12.8. The van der Waals surface area contributed by atoms with Gasteiger partial charge in [0.25, 0.3) is 0 Å². The Kier molecular flexibility index (Phi) is 4.73. The van der Waals surface area contributed by atoms with E-state index in [9.17, 15) is 9.00 Å². The van der Waals surface area contributed by atoms with Crippen molar-refractivity contribution in [1.29, 1.82) is 0 Å². The summed E-state index contributed by atoms with van der Waals surface area (Å²) < 4.78 is 12.6. The lowest BCUT2D eigenvalue weighted by Crippen LogP contribution is -2.23. The largest absolute Gasteiger partial charge is 0.293 e.